The van der Waals surface area contributed by atoms with E-state index in [0.29, 0.717) is 29.5 Å². The summed E-state index contributed by atoms with van der Waals surface area (Å²) in [5.74, 6) is 0.750. The first-order chi connectivity index (χ1) is 17.7. The molecule has 1 unspecified atom stereocenters. The first kappa shape index (κ1) is 24.1. The maximum atomic E-state index is 13.4. The molecule has 10 heteroatoms. The summed E-state index contributed by atoms with van der Waals surface area (Å²) < 4.78 is 19.8. The average molecular weight is 536 g/mol. The van der Waals surface area contributed by atoms with Crippen LogP contribution < -0.4 is 10.5 Å². The second-order valence-corrected chi connectivity index (χ2v) is 12.0. The van der Waals surface area contributed by atoms with Gasteiger partial charge in [-0.05, 0) is 56.7 Å². The number of halogens is 1. The summed E-state index contributed by atoms with van der Waals surface area (Å²) in [6.07, 6.45) is 0.00174. The van der Waals surface area contributed by atoms with Crippen LogP contribution >= 0.6 is 22.7 Å². The van der Waals surface area contributed by atoms with E-state index in [-0.39, 0.29) is 29.7 Å². The molecule has 4 heterocycles. The highest BCUT2D eigenvalue weighted by Crippen LogP contribution is 2.48. The van der Waals surface area contributed by atoms with Gasteiger partial charge in [0.25, 0.3) is 5.91 Å². The number of nitrogens with zero attached hydrogens (tertiary/aromatic N) is 4. The predicted molar refractivity (Wildman–Crippen MR) is 142 cm³/mol. The van der Waals surface area contributed by atoms with Gasteiger partial charge >= 0.3 is 0 Å². The molecule has 2 fully saturated rings. The third-order valence-corrected chi connectivity index (χ3v) is 8.74. The number of benzene rings is 1. The maximum absolute atomic E-state index is 13.4. The van der Waals surface area contributed by atoms with Crippen LogP contribution in [0, 0.1) is 24.6 Å². The van der Waals surface area contributed by atoms with Gasteiger partial charge in [-0.25, -0.2) is 19.3 Å². The van der Waals surface area contributed by atoms with Crippen molar-refractivity contribution in [2.24, 2.45) is 17.6 Å². The quantitative estimate of drug-likeness (QED) is 0.368. The Morgan fingerprint density at radius 3 is 2.51 bits per heavy atom. The highest BCUT2D eigenvalue weighted by molar-refractivity contribution is 7.17. The second-order valence-electron chi connectivity index (χ2n) is 10.2. The van der Waals surface area contributed by atoms with Gasteiger partial charge in [-0.15, -0.1) is 22.7 Å². The van der Waals surface area contributed by atoms with E-state index >= 15 is 0 Å². The number of piperidine rings is 1. The second kappa shape index (κ2) is 8.97. The molecule has 4 aromatic rings. The predicted octanol–water partition coefficient (Wildman–Crippen LogP) is 5.12. The number of amides is 1. The Kier molecular flexibility index (Phi) is 5.85. The number of thiazole rings is 2. The highest BCUT2D eigenvalue weighted by atomic mass is 32.1. The normalized spacial score (nSPS) is 20.7. The first-order valence-electron chi connectivity index (χ1n) is 12.1. The lowest BCUT2D eigenvalue weighted by atomic mass is 9.95. The van der Waals surface area contributed by atoms with Gasteiger partial charge < -0.3 is 15.4 Å². The van der Waals surface area contributed by atoms with E-state index in [1.807, 2.05) is 43.2 Å². The molecule has 0 spiro atoms. The van der Waals surface area contributed by atoms with Crippen molar-refractivity contribution in [1.82, 2.24) is 19.9 Å². The van der Waals surface area contributed by atoms with E-state index in [1.165, 1.54) is 34.8 Å². The molecule has 1 aromatic carbocycles. The van der Waals surface area contributed by atoms with Gasteiger partial charge in [-0.1, -0.05) is 0 Å². The van der Waals surface area contributed by atoms with Gasteiger partial charge in [-0.2, -0.15) is 0 Å². The molecule has 2 N–H and O–H groups in total. The van der Waals surface area contributed by atoms with Gasteiger partial charge in [0, 0.05) is 47.5 Å². The molecule has 3 aromatic heterocycles. The number of pyridine rings is 1. The molecule has 1 aliphatic heterocycles. The van der Waals surface area contributed by atoms with Gasteiger partial charge in [0.05, 0.1) is 16.9 Å². The zero-order chi connectivity index (χ0) is 25.9. The maximum Gasteiger partial charge on any atom is 0.265 e. The summed E-state index contributed by atoms with van der Waals surface area (Å²) in [7, 11) is 0. The lowest BCUT2D eigenvalue weighted by Gasteiger charge is -2.22. The molecule has 1 amide bonds. The molecule has 6 rings (SSSR count). The third-order valence-electron chi connectivity index (χ3n) is 6.99. The minimum Gasteiger partial charge on any atom is -0.474 e. The number of hydrogen-bond acceptors (Lipinski definition) is 8. The fraction of sp³-hybridized carbons (Fsp3) is 0.333. The average Bonchev–Trinajstić information content (AvgIpc) is 3.36. The lowest BCUT2D eigenvalue weighted by Crippen LogP contribution is -2.33. The van der Waals surface area contributed by atoms with Crippen molar-refractivity contribution in [2.75, 3.05) is 13.1 Å². The van der Waals surface area contributed by atoms with Crippen LogP contribution in [0.3, 0.4) is 0 Å². The number of fused-ring (bicyclic) bond motifs is 1. The van der Waals surface area contributed by atoms with Crippen LogP contribution in [0.2, 0.25) is 0 Å². The van der Waals surface area contributed by atoms with Gasteiger partial charge in [0.2, 0.25) is 5.88 Å². The number of nitrogens with two attached hydrogens (primary N) is 1. The first-order valence-corrected chi connectivity index (χ1v) is 13.8. The molecule has 1 saturated heterocycles. The Bertz CT molecular complexity index is 1450. The Labute approximate surface area is 222 Å². The van der Waals surface area contributed by atoms with Crippen LogP contribution in [0.15, 0.2) is 47.3 Å². The molecule has 0 bridgehead atoms. The fourth-order valence-corrected chi connectivity index (χ4v) is 6.44. The van der Waals surface area contributed by atoms with E-state index in [9.17, 15) is 9.18 Å². The molecule has 3 atom stereocenters. The number of aromatic nitrogens is 3. The van der Waals surface area contributed by atoms with Crippen molar-refractivity contribution in [2.45, 2.75) is 32.4 Å². The molecule has 7 nitrogen and oxygen atoms in total. The molecule has 2 aliphatic rings. The van der Waals surface area contributed by atoms with E-state index in [0.717, 1.165) is 27.5 Å². The number of aryl methyl sites for hydroxylation is 1. The van der Waals surface area contributed by atoms with Crippen molar-refractivity contribution in [3.8, 4) is 27.8 Å². The van der Waals surface area contributed by atoms with Crippen molar-refractivity contribution in [3.05, 3.63) is 69.2 Å². The zero-order valence-electron chi connectivity index (χ0n) is 20.6. The standard InChI is InChI=1S/C27H26FN5O2S2/c1-14-24(37-25(31-14)21-12-36-13-30-21)26(34)33-10-18-19(11-33)23(18)35-22-9-16(27(2,3)29)8-20(32-22)15-4-6-17(28)7-5-15/h4-9,12-13,18-19,23H,10-11,29H2,1-3H3/t18-,19+,23?. The van der Waals surface area contributed by atoms with Crippen LogP contribution in [0.4, 0.5) is 4.39 Å². The minimum atomic E-state index is -0.595. The van der Waals surface area contributed by atoms with Crippen molar-refractivity contribution >= 4 is 28.6 Å². The van der Waals surface area contributed by atoms with Crippen molar-refractivity contribution < 1.29 is 13.9 Å². The zero-order valence-corrected chi connectivity index (χ0v) is 22.3. The molecule has 1 saturated carbocycles. The monoisotopic (exact) mass is 535 g/mol. The fourth-order valence-electron chi connectivity index (χ4n) is 4.82. The number of carbonyl (C=O) groups excluding carboxylic acids is 1. The number of carbonyl (C=O) groups is 1. The topological polar surface area (TPSA) is 94.2 Å². The minimum absolute atomic E-state index is 0.00174. The van der Waals surface area contributed by atoms with Crippen LogP contribution in [0.5, 0.6) is 5.88 Å². The Hall–Kier alpha value is -3.21. The molecule has 0 radical (unpaired) electrons. The third kappa shape index (κ3) is 4.65. The van der Waals surface area contributed by atoms with Crippen LogP contribution in [-0.4, -0.2) is 45.0 Å². The van der Waals surface area contributed by atoms with E-state index in [1.54, 1.807) is 17.6 Å². The van der Waals surface area contributed by atoms with Crippen molar-refractivity contribution in [1.29, 1.82) is 0 Å². The lowest BCUT2D eigenvalue weighted by molar-refractivity contribution is 0.0755. The Morgan fingerprint density at radius 1 is 1.14 bits per heavy atom. The van der Waals surface area contributed by atoms with Crippen LogP contribution in [0.1, 0.15) is 34.8 Å². The smallest absolute Gasteiger partial charge is 0.265 e. The number of rotatable bonds is 6. The molecule has 1 aliphatic carbocycles. The van der Waals surface area contributed by atoms with Gasteiger partial charge in [-0.3, -0.25) is 4.79 Å². The molecule has 190 valence electrons. The Balaban J connectivity index is 1.16. The van der Waals surface area contributed by atoms with E-state index in [2.05, 4.69) is 9.97 Å². The summed E-state index contributed by atoms with van der Waals surface area (Å²) in [4.78, 5) is 29.4. The van der Waals surface area contributed by atoms with Gasteiger partial charge in [0.1, 0.15) is 27.5 Å². The number of ether oxygens (including phenoxy) is 1. The molecular weight excluding hydrogens is 509 g/mol. The van der Waals surface area contributed by atoms with E-state index in [4.69, 9.17) is 15.5 Å². The summed E-state index contributed by atoms with van der Waals surface area (Å²) in [5.41, 5.74) is 11.5. The number of hydrogen-bond donors (Lipinski definition) is 1. The highest BCUT2D eigenvalue weighted by Gasteiger charge is 2.59. The summed E-state index contributed by atoms with van der Waals surface area (Å²) >= 11 is 2.91. The van der Waals surface area contributed by atoms with Crippen molar-refractivity contribution in [3.63, 3.8) is 0 Å². The SMILES string of the molecule is Cc1nc(-c2cscn2)sc1C(=O)N1C[C@@H]2C(Oc3cc(C(C)(C)N)cc(-c4ccc(F)cc4)n3)[C@@H]2C1. The summed E-state index contributed by atoms with van der Waals surface area (Å²) in [5, 5.41) is 2.72. The van der Waals surface area contributed by atoms with Crippen LogP contribution in [-0.2, 0) is 5.54 Å². The van der Waals surface area contributed by atoms with E-state index < -0.39 is 5.54 Å². The molecular formula is C27H26FN5O2S2. The summed E-state index contributed by atoms with van der Waals surface area (Å²) in [6, 6.07) is 10.0. The number of likely N-dealkylation sites (tertiary alicyclic amines) is 1. The largest absolute Gasteiger partial charge is 0.474 e. The summed E-state index contributed by atoms with van der Waals surface area (Å²) in [6.45, 7) is 7.02. The Morgan fingerprint density at radius 2 is 1.86 bits per heavy atom. The van der Waals surface area contributed by atoms with Crippen LogP contribution in [0.25, 0.3) is 22.0 Å². The molecule has 37 heavy (non-hydrogen) atoms. The van der Waals surface area contributed by atoms with Gasteiger partial charge in [0.15, 0.2) is 0 Å².